The number of nitrogens with zero attached hydrogens (tertiary/aromatic N) is 2. The zero-order valence-corrected chi connectivity index (χ0v) is 5.61. The highest BCUT2D eigenvalue weighted by Crippen LogP contribution is 1.86. The molecule has 5 heteroatoms. The molecule has 4 nitrogen and oxygen atoms in total. The molecule has 1 radical (unpaired) electrons. The fourth-order valence-corrected chi connectivity index (χ4v) is 0.622. The first kappa shape index (κ1) is 6.86. The molecular formula is C5H7BN3O. The highest BCUT2D eigenvalue weighted by molar-refractivity contribution is 6.31. The van der Waals surface area contributed by atoms with Gasteiger partial charge < -0.3 is 10.2 Å². The zero-order valence-electron chi connectivity index (χ0n) is 5.61. The van der Waals surface area contributed by atoms with Crippen LogP contribution in [0.3, 0.4) is 0 Å². The van der Waals surface area contributed by atoms with Gasteiger partial charge in [0.15, 0.2) is 0 Å². The Balaban J connectivity index is 3.20. The van der Waals surface area contributed by atoms with Gasteiger partial charge in [-0.25, -0.2) is 4.79 Å². The van der Waals surface area contributed by atoms with Crippen molar-refractivity contribution in [2.75, 3.05) is 5.73 Å². The summed E-state index contributed by atoms with van der Waals surface area (Å²) in [5, 5.41) is 0. The van der Waals surface area contributed by atoms with Crippen LogP contribution >= 0.6 is 0 Å². The van der Waals surface area contributed by atoms with Crippen LogP contribution in [-0.2, 0) is 0 Å². The molecule has 0 saturated heterocycles. The molecule has 0 spiro atoms. The number of hydrogen-bond donors (Lipinski definition) is 1. The lowest BCUT2D eigenvalue weighted by Gasteiger charge is -1.97. The van der Waals surface area contributed by atoms with Crippen LogP contribution in [0.5, 0.6) is 0 Å². The summed E-state index contributed by atoms with van der Waals surface area (Å²) in [7, 11) is 1.62. The molecule has 0 unspecified atom stereocenters. The Morgan fingerprint density at radius 2 is 2.50 bits per heavy atom. The topological polar surface area (TPSA) is 60.9 Å². The van der Waals surface area contributed by atoms with E-state index in [1.807, 2.05) is 0 Å². The molecule has 2 N–H and O–H groups in total. The van der Waals surface area contributed by atoms with Gasteiger partial charge in [0.2, 0.25) is 0 Å². The van der Waals surface area contributed by atoms with Crippen molar-refractivity contribution >= 4 is 13.2 Å². The van der Waals surface area contributed by atoms with Gasteiger partial charge in [0, 0.05) is 0 Å². The first-order valence-corrected chi connectivity index (χ1v) is 2.88. The Kier molecular flexibility index (Phi) is 1.75. The third kappa shape index (κ3) is 1.18. The van der Waals surface area contributed by atoms with Gasteiger partial charge in [-0.2, -0.15) is 4.98 Å². The van der Waals surface area contributed by atoms with E-state index in [0.29, 0.717) is 0 Å². The Morgan fingerprint density at radius 3 is 3.00 bits per heavy atom. The van der Waals surface area contributed by atoms with Gasteiger partial charge in [-0.05, 0) is 12.3 Å². The highest BCUT2D eigenvalue weighted by Gasteiger charge is 1.93. The fourth-order valence-electron chi connectivity index (χ4n) is 0.622. The molecule has 0 saturated carbocycles. The van der Waals surface area contributed by atoms with E-state index in [9.17, 15) is 4.79 Å². The second-order valence-corrected chi connectivity index (χ2v) is 1.80. The standard InChI is InChI=1S/C5H7BN3O/c1-6-9-3-2-4(7)8-5(9)10/h2-3H,1H3,(H2,7,8,10). The van der Waals surface area contributed by atoms with E-state index in [2.05, 4.69) is 4.98 Å². The molecule has 1 aromatic heterocycles. The summed E-state index contributed by atoms with van der Waals surface area (Å²) in [5.41, 5.74) is 4.90. The van der Waals surface area contributed by atoms with Gasteiger partial charge in [0.25, 0.3) is 7.41 Å². The van der Waals surface area contributed by atoms with Crippen molar-refractivity contribution in [3.63, 3.8) is 0 Å². The van der Waals surface area contributed by atoms with Crippen LogP contribution in [0, 0.1) is 0 Å². The molecule has 0 aromatic carbocycles. The summed E-state index contributed by atoms with van der Waals surface area (Å²) < 4.78 is 1.36. The molecule has 0 bridgehead atoms. The lowest BCUT2D eigenvalue weighted by molar-refractivity contribution is 1.00. The van der Waals surface area contributed by atoms with Gasteiger partial charge in [0.05, 0.1) is 0 Å². The van der Waals surface area contributed by atoms with Crippen molar-refractivity contribution in [2.45, 2.75) is 6.82 Å². The second-order valence-electron chi connectivity index (χ2n) is 1.80. The minimum Gasteiger partial charge on any atom is -0.383 e. The van der Waals surface area contributed by atoms with Crippen LogP contribution in [0.1, 0.15) is 0 Å². The number of nitrogen functional groups attached to an aromatic ring is 1. The van der Waals surface area contributed by atoms with Crippen LogP contribution < -0.4 is 11.4 Å². The van der Waals surface area contributed by atoms with E-state index in [4.69, 9.17) is 5.73 Å². The van der Waals surface area contributed by atoms with Crippen molar-refractivity contribution < 1.29 is 0 Å². The third-order valence-electron chi connectivity index (χ3n) is 1.13. The van der Waals surface area contributed by atoms with Crippen LogP contribution in [0.25, 0.3) is 0 Å². The SMILES string of the molecule is C[B]n1ccc(N)nc1=O. The third-order valence-corrected chi connectivity index (χ3v) is 1.13. The molecular weight excluding hydrogens is 129 g/mol. The number of anilines is 1. The lowest BCUT2D eigenvalue weighted by atomic mass is 10.0. The van der Waals surface area contributed by atoms with Crippen molar-refractivity contribution in [3.05, 3.63) is 22.7 Å². The summed E-state index contributed by atoms with van der Waals surface area (Å²) in [4.78, 5) is 14.3. The smallest absolute Gasteiger partial charge is 0.336 e. The number of rotatable bonds is 1. The van der Waals surface area contributed by atoms with Crippen molar-refractivity contribution in [3.8, 4) is 0 Å². The van der Waals surface area contributed by atoms with E-state index >= 15 is 0 Å². The van der Waals surface area contributed by atoms with Gasteiger partial charge in [-0.1, -0.05) is 6.82 Å². The molecule has 0 aliphatic carbocycles. The second kappa shape index (κ2) is 2.55. The van der Waals surface area contributed by atoms with Crippen LogP contribution in [0.15, 0.2) is 17.1 Å². The summed E-state index contributed by atoms with van der Waals surface area (Å²) in [6, 6.07) is 1.57. The predicted molar refractivity (Wildman–Crippen MR) is 39.9 cm³/mol. The zero-order chi connectivity index (χ0) is 7.56. The molecule has 0 fully saturated rings. The quantitative estimate of drug-likeness (QED) is 0.521. The van der Waals surface area contributed by atoms with Crippen molar-refractivity contribution in [1.29, 1.82) is 0 Å². The molecule has 51 valence electrons. The monoisotopic (exact) mass is 136 g/mol. The maximum Gasteiger partial charge on any atom is 0.336 e. The average molecular weight is 136 g/mol. The molecule has 0 atom stereocenters. The maximum atomic E-state index is 10.8. The van der Waals surface area contributed by atoms with Crippen molar-refractivity contribution in [1.82, 2.24) is 9.46 Å². The number of hydrogen-bond acceptors (Lipinski definition) is 3. The first-order chi connectivity index (χ1) is 4.74. The lowest BCUT2D eigenvalue weighted by Crippen LogP contribution is -2.25. The van der Waals surface area contributed by atoms with Gasteiger partial charge in [0.1, 0.15) is 5.82 Å². The fraction of sp³-hybridized carbons (Fsp3) is 0.200. The van der Waals surface area contributed by atoms with E-state index in [1.54, 1.807) is 26.5 Å². The summed E-state index contributed by atoms with van der Waals surface area (Å²) in [5.74, 6) is 0.253. The van der Waals surface area contributed by atoms with Gasteiger partial charge >= 0.3 is 5.69 Å². The minimum absolute atomic E-state index is 0.253. The molecule has 0 amide bonds. The van der Waals surface area contributed by atoms with Crippen LogP contribution in [0.4, 0.5) is 5.82 Å². The molecule has 0 aliphatic heterocycles. The van der Waals surface area contributed by atoms with Gasteiger partial charge in [-0.15, -0.1) is 0 Å². The molecule has 1 rings (SSSR count). The molecule has 10 heavy (non-hydrogen) atoms. The largest absolute Gasteiger partial charge is 0.383 e. The highest BCUT2D eigenvalue weighted by atomic mass is 16.1. The van der Waals surface area contributed by atoms with E-state index in [1.165, 1.54) is 4.48 Å². The Hall–Kier alpha value is -1.26. The summed E-state index contributed by atoms with van der Waals surface area (Å²) >= 11 is 0. The van der Waals surface area contributed by atoms with E-state index in [0.717, 1.165) is 0 Å². The van der Waals surface area contributed by atoms with E-state index < -0.39 is 0 Å². The average Bonchev–Trinajstić information content (AvgIpc) is 1.88. The minimum atomic E-state index is -0.345. The van der Waals surface area contributed by atoms with Crippen LogP contribution in [0.2, 0.25) is 6.82 Å². The first-order valence-electron chi connectivity index (χ1n) is 2.88. The molecule has 1 heterocycles. The number of nitrogens with two attached hydrogens (primary N) is 1. The van der Waals surface area contributed by atoms with E-state index in [-0.39, 0.29) is 11.5 Å². The number of aromatic nitrogens is 2. The van der Waals surface area contributed by atoms with Crippen molar-refractivity contribution in [2.24, 2.45) is 0 Å². The molecule has 1 aromatic rings. The summed E-state index contributed by atoms with van der Waals surface area (Å²) in [6.45, 7) is 1.75. The Bertz CT molecular complexity index is 282. The molecule has 0 aliphatic rings. The maximum absolute atomic E-state index is 10.8. The predicted octanol–water partition coefficient (Wildman–Crippen LogP) is -0.659. The Morgan fingerprint density at radius 1 is 1.80 bits per heavy atom. The van der Waals surface area contributed by atoms with Crippen LogP contribution in [-0.4, -0.2) is 16.9 Å². The van der Waals surface area contributed by atoms with Gasteiger partial charge in [-0.3, -0.25) is 0 Å². The summed E-state index contributed by atoms with van der Waals surface area (Å²) in [6.07, 6.45) is 1.57. The normalized spacial score (nSPS) is 9.30. The Labute approximate surface area is 59.0 Å².